The fourth-order valence-corrected chi connectivity index (χ4v) is 2.51. The van der Waals surface area contributed by atoms with Crippen LogP contribution in [0, 0.1) is 3.57 Å². The number of hydrogen-bond donors (Lipinski definition) is 1. The van der Waals surface area contributed by atoms with Gasteiger partial charge in [0, 0.05) is 21.7 Å². The summed E-state index contributed by atoms with van der Waals surface area (Å²) in [5.41, 5.74) is 0.346. The van der Waals surface area contributed by atoms with Crippen molar-refractivity contribution in [2.45, 2.75) is 13.5 Å². The minimum absolute atomic E-state index is 0.00481. The molecule has 1 aromatic carbocycles. The van der Waals surface area contributed by atoms with Crippen LogP contribution in [0.3, 0.4) is 0 Å². The van der Waals surface area contributed by atoms with Gasteiger partial charge in [-0.3, -0.25) is 4.79 Å². The molecule has 2 rings (SSSR count). The Morgan fingerprint density at radius 3 is 2.85 bits per heavy atom. The minimum atomic E-state index is -0.634. The van der Waals surface area contributed by atoms with Crippen molar-refractivity contribution >= 4 is 39.5 Å². The van der Waals surface area contributed by atoms with E-state index in [-0.39, 0.29) is 24.2 Å². The summed E-state index contributed by atoms with van der Waals surface area (Å²) in [6.07, 6.45) is 1.45. The molecule has 2 aromatic rings. The average molecular weight is 387 g/mol. The van der Waals surface area contributed by atoms with Gasteiger partial charge in [-0.2, -0.15) is 0 Å². The third-order valence-electron chi connectivity index (χ3n) is 2.88. The number of hydrogen-bond acceptors (Lipinski definition) is 4. The molecule has 1 heterocycles. The van der Waals surface area contributed by atoms with Gasteiger partial charge >= 0.3 is 5.97 Å². The van der Waals surface area contributed by atoms with Gasteiger partial charge in [0.15, 0.2) is 0 Å². The van der Waals surface area contributed by atoms with Gasteiger partial charge in [-0.15, -0.1) is 0 Å². The lowest BCUT2D eigenvalue weighted by Gasteiger charge is -2.12. The molecule has 6 heteroatoms. The van der Waals surface area contributed by atoms with Crippen LogP contribution in [0.1, 0.15) is 17.3 Å². The van der Waals surface area contributed by atoms with E-state index < -0.39 is 5.97 Å². The van der Waals surface area contributed by atoms with Gasteiger partial charge < -0.3 is 14.4 Å². The lowest BCUT2D eigenvalue weighted by atomic mass is 10.1. The van der Waals surface area contributed by atoms with E-state index in [9.17, 15) is 9.59 Å². The standard InChI is InChI=1S/C14H14INO4/c1-2-20-14(19)11-8-16(5-6-17)12-4-3-9(15)7-10(12)13(11)18/h3-4,7-8,17H,2,5-6H2,1H3. The van der Waals surface area contributed by atoms with E-state index in [0.717, 1.165) is 3.57 Å². The second-order valence-corrected chi connectivity index (χ2v) is 5.42. The van der Waals surface area contributed by atoms with Gasteiger partial charge in [-0.25, -0.2) is 4.79 Å². The number of aromatic nitrogens is 1. The zero-order valence-electron chi connectivity index (χ0n) is 10.9. The highest BCUT2D eigenvalue weighted by atomic mass is 127. The SMILES string of the molecule is CCOC(=O)c1cn(CCO)c2ccc(I)cc2c1=O. The van der Waals surface area contributed by atoms with Crippen LogP contribution in [-0.4, -0.2) is 28.9 Å². The lowest BCUT2D eigenvalue weighted by Crippen LogP contribution is -2.21. The first-order chi connectivity index (χ1) is 9.58. The maximum Gasteiger partial charge on any atom is 0.343 e. The van der Waals surface area contributed by atoms with E-state index >= 15 is 0 Å². The van der Waals surface area contributed by atoms with Crippen molar-refractivity contribution in [1.29, 1.82) is 0 Å². The quantitative estimate of drug-likeness (QED) is 0.642. The van der Waals surface area contributed by atoms with Gasteiger partial charge in [0.25, 0.3) is 0 Å². The highest BCUT2D eigenvalue weighted by Crippen LogP contribution is 2.16. The van der Waals surface area contributed by atoms with Gasteiger partial charge in [-0.1, -0.05) is 0 Å². The molecule has 20 heavy (non-hydrogen) atoms. The van der Waals surface area contributed by atoms with E-state index in [0.29, 0.717) is 17.4 Å². The number of aliphatic hydroxyl groups excluding tert-OH is 1. The Morgan fingerprint density at radius 1 is 1.45 bits per heavy atom. The first-order valence-electron chi connectivity index (χ1n) is 6.19. The number of halogens is 1. The zero-order valence-corrected chi connectivity index (χ0v) is 13.1. The Kier molecular flexibility index (Phi) is 4.77. The van der Waals surface area contributed by atoms with E-state index in [1.165, 1.54) is 6.20 Å². The molecule has 0 fully saturated rings. The Hall–Kier alpha value is -1.41. The van der Waals surface area contributed by atoms with Crippen LogP contribution in [-0.2, 0) is 11.3 Å². The molecule has 0 unspecified atom stereocenters. The Labute approximate surface area is 129 Å². The third-order valence-corrected chi connectivity index (χ3v) is 3.55. The summed E-state index contributed by atoms with van der Waals surface area (Å²) < 4.78 is 7.50. The van der Waals surface area contributed by atoms with Crippen LogP contribution in [0.25, 0.3) is 10.9 Å². The van der Waals surface area contributed by atoms with Crippen molar-refractivity contribution in [1.82, 2.24) is 4.57 Å². The molecule has 0 aliphatic heterocycles. The number of carbonyl (C=O) groups excluding carboxylic acids is 1. The Bertz CT molecular complexity index is 708. The van der Waals surface area contributed by atoms with E-state index in [2.05, 4.69) is 22.6 Å². The number of benzene rings is 1. The monoisotopic (exact) mass is 387 g/mol. The van der Waals surface area contributed by atoms with Crippen molar-refractivity contribution in [3.63, 3.8) is 0 Å². The first kappa shape index (κ1) is 15.0. The van der Waals surface area contributed by atoms with Gasteiger partial charge in [0.05, 0.1) is 18.7 Å². The molecule has 0 amide bonds. The number of carbonyl (C=O) groups is 1. The van der Waals surface area contributed by atoms with E-state index in [1.807, 2.05) is 12.1 Å². The van der Waals surface area contributed by atoms with Crippen LogP contribution in [0.2, 0.25) is 0 Å². The van der Waals surface area contributed by atoms with Crippen LogP contribution in [0.15, 0.2) is 29.2 Å². The van der Waals surface area contributed by atoms with Crippen molar-refractivity contribution in [3.8, 4) is 0 Å². The molecule has 0 saturated carbocycles. The van der Waals surface area contributed by atoms with Gasteiger partial charge in [0.2, 0.25) is 5.43 Å². The highest BCUT2D eigenvalue weighted by molar-refractivity contribution is 14.1. The predicted molar refractivity (Wildman–Crippen MR) is 84.0 cm³/mol. The number of nitrogens with zero attached hydrogens (tertiary/aromatic N) is 1. The average Bonchev–Trinajstić information content (AvgIpc) is 2.42. The van der Waals surface area contributed by atoms with Crippen LogP contribution >= 0.6 is 22.6 Å². The summed E-state index contributed by atoms with van der Waals surface area (Å²) in [6.45, 7) is 2.13. The fourth-order valence-electron chi connectivity index (χ4n) is 2.02. The number of rotatable bonds is 4. The third kappa shape index (κ3) is 2.85. The maximum atomic E-state index is 12.4. The molecule has 0 saturated heterocycles. The second-order valence-electron chi connectivity index (χ2n) is 4.17. The molecular weight excluding hydrogens is 373 g/mol. The summed E-state index contributed by atoms with van der Waals surface area (Å²) in [6, 6.07) is 5.41. The normalized spacial score (nSPS) is 10.8. The summed E-state index contributed by atoms with van der Waals surface area (Å²) >= 11 is 2.11. The molecular formula is C14H14INO4. The smallest absolute Gasteiger partial charge is 0.343 e. The molecule has 5 nitrogen and oxygen atoms in total. The van der Waals surface area contributed by atoms with Crippen LogP contribution in [0.4, 0.5) is 0 Å². The summed E-state index contributed by atoms with van der Waals surface area (Å²) in [7, 11) is 0. The zero-order chi connectivity index (χ0) is 14.7. The van der Waals surface area contributed by atoms with Crippen molar-refractivity contribution < 1.29 is 14.6 Å². The number of aliphatic hydroxyl groups is 1. The largest absolute Gasteiger partial charge is 0.462 e. The Balaban J connectivity index is 2.74. The Morgan fingerprint density at radius 2 is 2.20 bits per heavy atom. The predicted octanol–water partition coefficient (Wildman–Crippen LogP) is 1.78. The van der Waals surface area contributed by atoms with E-state index in [1.54, 1.807) is 17.6 Å². The number of ether oxygens (including phenoxy) is 1. The molecule has 0 bridgehead atoms. The molecule has 0 radical (unpaired) electrons. The van der Waals surface area contributed by atoms with Crippen LogP contribution < -0.4 is 5.43 Å². The molecule has 0 aliphatic carbocycles. The second kappa shape index (κ2) is 6.36. The molecule has 0 aliphatic rings. The highest BCUT2D eigenvalue weighted by Gasteiger charge is 2.16. The van der Waals surface area contributed by atoms with Gasteiger partial charge in [-0.05, 0) is 47.7 Å². The van der Waals surface area contributed by atoms with Crippen molar-refractivity contribution in [2.24, 2.45) is 0 Å². The van der Waals surface area contributed by atoms with E-state index in [4.69, 9.17) is 9.84 Å². The molecule has 1 aromatic heterocycles. The number of pyridine rings is 1. The summed E-state index contributed by atoms with van der Waals surface area (Å²) in [4.78, 5) is 24.2. The molecule has 0 spiro atoms. The van der Waals surface area contributed by atoms with Crippen molar-refractivity contribution in [2.75, 3.05) is 13.2 Å². The topological polar surface area (TPSA) is 68.5 Å². The summed E-state index contributed by atoms with van der Waals surface area (Å²) in [5.74, 6) is -0.634. The lowest BCUT2D eigenvalue weighted by molar-refractivity contribution is 0.0524. The minimum Gasteiger partial charge on any atom is -0.462 e. The molecule has 0 atom stereocenters. The first-order valence-corrected chi connectivity index (χ1v) is 7.27. The number of fused-ring (bicyclic) bond motifs is 1. The van der Waals surface area contributed by atoms with Crippen molar-refractivity contribution in [3.05, 3.63) is 43.8 Å². The maximum absolute atomic E-state index is 12.4. The molecule has 1 N–H and O–H groups in total. The number of esters is 1. The summed E-state index contributed by atoms with van der Waals surface area (Å²) in [5, 5.41) is 9.57. The van der Waals surface area contributed by atoms with Gasteiger partial charge in [0.1, 0.15) is 5.56 Å². The molecule has 106 valence electrons. The fraction of sp³-hybridized carbons (Fsp3) is 0.286. The van der Waals surface area contributed by atoms with Crippen LogP contribution in [0.5, 0.6) is 0 Å².